The van der Waals surface area contributed by atoms with Gasteiger partial charge >= 0.3 is 5.97 Å². The van der Waals surface area contributed by atoms with E-state index in [9.17, 15) is 14.4 Å². The molecule has 3 atom stereocenters. The molecule has 1 fully saturated rings. The van der Waals surface area contributed by atoms with E-state index in [0.717, 1.165) is 17.3 Å². The van der Waals surface area contributed by atoms with Crippen molar-refractivity contribution >= 4 is 41.1 Å². The smallest absolute Gasteiger partial charge is 0.311 e. The summed E-state index contributed by atoms with van der Waals surface area (Å²) >= 11 is 0. The zero-order valence-corrected chi connectivity index (χ0v) is 21.2. The first-order valence-electron chi connectivity index (χ1n) is 11.7. The number of fused-ring (bicyclic) bond motifs is 1. The van der Waals surface area contributed by atoms with Crippen molar-refractivity contribution in [2.24, 2.45) is 18.7 Å². The lowest BCUT2D eigenvalue weighted by Crippen LogP contribution is -2.51. The monoisotopic (exact) mass is 492 g/mol. The molecule has 1 heterocycles. The summed E-state index contributed by atoms with van der Waals surface area (Å²) in [5, 5.41) is 6.84. The molecule has 9 heteroatoms. The number of hydrogen-bond acceptors (Lipinski definition) is 5. The van der Waals surface area contributed by atoms with Gasteiger partial charge in [-0.1, -0.05) is 24.6 Å². The van der Waals surface area contributed by atoms with Gasteiger partial charge in [0.1, 0.15) is 17.3 Å². The van der Waals surface area contributed by atoms with Crippen molar-refractivity contribution in [1.29, 1.82) is 0 Å². The van der Waals surface area contributed by atoms with Crippen molar-refractivity contribution < 1.29 is 19.1 Å². The van der Waals surface area contributed by atoms with Gasteiger partial charge in [-0.15, -0.1) is 12.4 Å². The summed E-state index contributed by atoms with van der Waals surface area (Å²) in [7, 11) is 1.83. The minimum absolute atomic E-state index is 0. The van der Waals surface area contributed by atoms with Gasteiger partial charge in [0, 0.05) is 24.0 Å². The van der Waals surface area contributed by atoms with E-state index in [2.05, 4.69) is 10.6 Å². The molecule has 2 amide bonds. The second-order valence-corrected chi connectivity index (χ2v) is 9.79. The number of esters is 1. The predicted molar refractivity (Wildman–Crippen MR) is 135 cm³/mol. The zero-order valence-electron chi connectivity index (χ0n) is 20.4. The molecule has 188 valence electrons. The Morgan fingerprint density at radius 2 is 1.91 bits per heavy atom. The molecule has 2 aromatic rings. The molecule has 0 bridgehead atoms. The van der Waals surface area contributed by atoms with Crippen LogP contribution in [0.15, 0.2) is 30.3 Å². The van der Waals surface area contributed by atoms with E-state index in [1.54, 1.807) is 0 Å². The van der Waals surface area contributed by atoms with Crippen LogP contribution < -0.4 is 16.4 Å². The van der Waals surface area contributed by atoms with Crippen molar-refractivity contribution in [3.8, 4) is 0 Å². The van der Waals surface area contributed by atoms with Gasteiger partial charge in [0.05, 0.1) is 5.92 Å². The van der Waals surface area contributed by atoms with Crippen LogP contribution in [0.4, 0.5) is 0 Å². The highest BCUT2D eigenvalue weighted by Crippen LogP contribution is 2.28. The van der Waals surface area contributed by atoms with Crippen molar-refractivity contribution in [1.82, 2.24) is 15.2 Å². The number of nitrogens with zero attached hydrogens (tertiary/aromatic N) is 1. The summed E-state index contributed by atoms with van der Waals surface area (Å²) < 4.78 is 7.36. The fourth-order valence-electron chi connectivity index (χ4n) is 4.41. The van der Waals surface area contributed by atoms with E-state index in [0.29, 0.717) is 37.9 Å². The molecular formula is C25H37ClN4O4. The molecule has 0 spiro atoms. The van der Waals surface area contributed by atoms with E-state index in [1.165, 1.54) is 0 Å². The minimum Gasteiger partial charge on any atom is -0.460 e. The molecule has 0 radical (unpaired) electrons. The maximum atomic E-state index is 13.2. The number of halogens is 1. The van der Waals surface area contributed by atoms with Crippen molar-refractivity contribution in [3.05, 3.63) is 36.0 Å². The van der Waals surface area contributed by atoms with E-state index in [4.69, 9.17) is 10.5 Å². The van der Waals surface area contributed by atoms with E-state index in [1.807, 2.05) is 62.7 Å². The molecule has 0 unspecified atom stereocenters. The topological polar surface area (TPSA) is 115 Å². The molecule has 0 aliphatic heterocycles. The van der Waals surface area contributed by atoms with Crippen LogP contribution in [-0.2, 0) is 21.4 Å². The summed E-state index contributed by atoms with van der Waals surface area (Å²) in [6, 6.07) is 8.51. The summed E-state index contributed by atoms with van der Waals surface area (Å²) in [5.74, 6) is -1.28. The van der Waals surface area contributed by atoms with Crippen molar-refractivity contribution in [2.45, 2.75) is 70.6 Å². The van der Waals surface area contributed by atoms with Gasteiger partial charge in [-0.05, 0) is 65.1 Å². The number of rotatable bonds is 8. The standard InChI is InChI=1S/C25H36N4O4.ClH/c1-25(2,3)33-24(32)17-10-7-11-18(17)27-22(30)19(12-8-14-26)28-23(31)21-15-16-9-5-6-13-20(16)29(21)4;/h5-6,9,13,15,17-19H,7-8,10-12,14,26H2,1-4H3,(H,27,30)(H,28,31);1H/t17-,18+,19+;/m1./s1. The molecule has 4 N–H and O–H groups in total. The minimum atomic E-state index is -0.737. The second-order valence-electron chi connectivity index (χ2n) is 9.79. The first kappa shape index (κ1) is 27.7. The van der Waals surface area contributed by atoms with Crippen molar-refractivity contribution in [3.63, 3.8) is 0 Å². The van der Waals surface area contributed by atoms with E-state index in [-0.39, 0.29) is 42.2 Å². The lowest BCUT2D eigenvalue weighted by molar-refractivity contribution is -0.160. The normalized spacial score (nSPS) is 18.7. The Balaban J connectivity index is 0.00000408. The maximum absolute atomic E-state index is 13.2. The molecule has 8 nitrogen and oxygen atoms in total. The van der Waals surface area contributed by atoms with Crippen LogP contribution in [0.2, 0.25) is 0 Å². The number of carbonyl (C=O) groups is 3. The van der Waals surface area contributed by atoms with Crippen LogP contribution in [-0.4, -0.2) is 46.6 Å². The van der Waals surface area contributed by atoms with Crippen molar-refractivity contribution in [2.75, 3.05) is 6.54 Å². The van der Waals surface area contributed by atoms with Gasteiger partial charge in [0.2, 0.25) is 5.91 Å². The highest BCUT2D eigenvalue weighted by Gasteiger charge is 2.38. The molecule has 34 heavy (non-hydrogen) atoms. The van der Waals surface area contributed by atoms with Crippen LogP contribution in [0.3, 0.4) is 0 Å². The van der Waals surface area contributed by atoms with Gasteiger partial charge in [0.25, 0.3) is 5.91 Å². The Bertz CT molecular complexity index is 1010. The van der Waals surface area contributed by atoms with Crippen LogP contribution in [0, 0.1) is 5.92 Å². The number of ether oxygens (including phenoxy) is 1. The number of carbonyl (C=O) groups excluding carboxylic acids is 3. The lowest BCUT2D eigenvalue weighted by Gasteiger charge is -2.27. The Labute approximate surface area is 207 Å². The van der Waals surface area contributed by atoms with Crippen LogP contribution in [0.5, 0.6) is 0 Å². The molecule has 1 saturated carbocycles. The summed E-state index contributed by atoms with van der Waals surface area (Å²) in [6.07, 6.45) is 3.23. The number of nitrogens with one attached hydrogen (secondary N) is 2. The van der Waals surface area contributed by atoms with Crippen LogP contribution >= 0.6 is 12.4 Å². The fourth-order valence-corrected chi connectivity index (χ4v) is 4.41. The summed E-state index contributed by atoms with van der Waals surface area (Å²) in [6.45, 7) is 5.91. The Hall–Kier alpha value is -2.58. The number of benzene rings is 1. The summed E-state index contributed by atoms with van der Waals surface area (Å²) in [5.41, 5.74) is 6.51. The third kappa shape index (κ3) is 6.73. The number of hydrogen-bond donors (Lipinski definition) is 3. The van der Waals surface area contributed by atoms with Gasteiger partial charge in [-0.2, -0.15) is 0 Å². The quantitative estimate of drug-likeness (QED) is 0.490. The van der Waals surface area contributed by atoms with Gasteiger partial charge in [-0.25, -0.2) is 0 Å². The molecule has 1 aromatic heterocycles. The molecule has 1 aliphatic carbocycles. The van der Waals surface area contributed by atoms with E-state index >= 15 is 0 Å². The van der Waals surface area contributed by atoms with Crippen LogP contribution in [0.25, 0.3) is 10.9 Å². The lowest BCUT2D eigenvalue weighted by atomic mass is 10.0. The summed E-state index contributed by atoms with van der Waals surface area (Å²) in [4.78, 5) is 38.8. The second kappa shape index (κ2) is 11.7. The van der Waals surface area contributed by atoms with Gasteiger partial charge in [0.15, 0.2) is 0 Å². The first-order chi connectivity index (χ1) is 15.6. The molecule has 1 aliphatic rings. The van der Waals surface area contributed by atoms with Gasteiger partial charge in [-0.3, -0.25) is 14.4 Å². The third-order valence-electron chi connectivity index (χ3n) is 6.06. The SMILES string of the molecule is Cl.Cn1c(C(=O)N[C@@H](CCCN)C(=O)N[C@H]2CCC[C@H]2C(=O)OC(C)(C)C)cc2ccccc21. The average Bonchev–Trinajstić information content (AvgIpc) is 3.34. The van der Waals surface area contributed by atoms with Gasteiger partial charge < -0.3 is 25.7 Å². The number of para-hydroxylation sites is 1. The third-order valence-corrected chi connectivity index (χ3v) is 6.06. The number of aromatic nitrogens is 1. The van der Waals surface area contributed by atoms with Crippen LogP contribution in [0.1, 0.15) is 63.4 Å². The highest BCUT2D eigenvalue weighted by molar-refractivity contribution is 6.00. The zero-order chi connectivity index (χ0) is 24.2. The highest BCUT2D eigenvalue weighted by atomic mass is 35.5. The maximum Gasteiger partial charge on any atom is 0.311 e. The van der Waals surface area contributed by atoms with E-state index < -0.39 is 11.6 Å². The first-order valence-corrected chi connectivity index (χ1v) is 11.7. The number of aryl methyl sites for hydroxylation is 1. The molecule has 3 rings (SSSR count). The molecule has 1 aromatic carbocycles. The number of nitrogens with two attached hydrogens (primary N) is 1. The Kier molecular flexibility index (Phi) is 9.53. The largest absolute Gasteiger partial charge is 0.460 e. The molecule has 0 saturated heterocycles. The number of amides is 2. The Morgan fingerprint density at radius 1 is 1.21 bits per heavy atom. The Morgan fingerprint density at radius 3 is 2.56 bits per heavy atom. The predicted octanol–water partition coefficient (Wildman–Crippen LogP) is 3.06. The average molecular weight is 493 g/mol. The molecular weight excluding hydrogens is 456 g/mol. The fraction of sp³-hybridized carbons (Fsp3) is 0.560.